The molecule has 2 aromatic carbocycles. The Morgan fingerprint density at radius 3 is 2.03 bits per heavy atom. The molecule has 0 amide bonds. The number of rotatable bonds is 8. The Bertz CT molecular complexity index is 970. The molecule has 0 heterocycles. The average molecular weight is 543 g/mol. The topological polar surface area (TPSA) is 121 Å². The summed E-state index contributed by atoms with van der Waals surface area (Å²) in [6, 6.07) is 8.97. The van der Waals surface area contributed by atoms with Gasteiger partial charge in [0.25, 0.3) is 10.1 Å². The summed E-state index contributed by atoms with van der Waals surface area (Å²) >= 11 is 0. The summed E-state index contributed by atoms with van der Waals surface area (Å²) in [4.78, 5) is 15.8. The third kappa shape index (κ3) is 12.2. The second kappa shape index (κ2) is 15.9. The van der Waals surface area contributed by atoms with Crippen LogP contribution in [0.2, 0.25) is 0 Å². The zero-order chi connectivity index (χ0) is 20.2. The van der Waals surface area contributed by atoms with E-state index in [1.54, 1.807) is 0 Å². The van der Waals surface area contributed by atoms with E-state index in [0.717, 1.165) is 6.07 Å². The average Bonchev–Trinajstić information content (AvgIpc) is 2.54. The first-order valence-corrected chi connectivity index (χ1v) is 10.9. The van der Waals surface area contributed by atoms with Crippen molar-refractivity contribution in [2.75, 3.05) is 0 Å². The third-order valence-electron chi connectivity index (χ3n) is 3.68. The van der Waals surface area contributed by atoms with E-state index in [0.29, 0.717) is 5.75 Å². The van der Waals surface area contributed by atoms with Crippen molar-refractivity contribution in [1.29, 1.82) is 0 Å². The minimum absolute atomic E-state index is 0. The number of hydrogen-bond acceptors (Lipinski definition) is 4. The summed E-state index contributed by atoms with van der Waals surface area (Å²) in [5, 5.41) is 0. The number of hydrogen-bond donors (Lipinski definition) is 3. The molecule has 2 rings (SSSR count). The van der Waals surface area contributed by atoms with Gasteiger partial charge in [-0.3, -0.25) is 9.12 Å². The van der Waals surface area contributed by atoms with E-state index in [1.165, 1.54) is 36.4 Å². The Balaban J connectivity index is -0.000000436. The van der Waals surface area contributed by atoms with Gasteiger partial charge in [0, 0.05) is 0 Å². The van der Waals surface area contributed by atoms with Crippen molar-refractivity contribution in [2.45, 2.75) is 24.3 Å². The summed E-state index contributed by atoms with van der Waals surface area (Å²) in [5.74, 6) is -0.483. The molecule has 0 aromatic heterocycles. The molecule has 3 N–H and O–H groups in total. The summed E-state index contributed by atoms with van der Waals surface area (Å²) in [7, 11) is -10.0. The molecule has 0 saturated heterocycles. The van der Waals surface area contributed by atoms with Crippen LogP contribution in [0.3, 0.4) is 0 Å². The molecular weight excluding hydrogens is 523 g/mol. The van der Waals surface area contributed by atoms with Crippen molar-refractivity contribution in [3.63, 3.8) is 0 Å². The van der Waals surface area contributed by atoms with E-state index >= 15 is 0 Å². The zero-order valence-corrected chi connectivity index (χ0v) is 27.9. The van der Waals surface area contributed by atoms with Crippen molar-refractivity contribution in [2.24, 2.45) is 0 Å². The predicted octanol–water partition coefficient (Wildman–Crippen LogP) is -5.18. The molecule has 0 aliphatic carbocycles. The minimum Gasteiger partial charge on any atom is -1.00 e. The van der Waals surface area contributed by atoms with Crippen LogP contribution >= 0.6 is 7.60 Å². The fourth-order valence-corrected chi connectivity index (χ4v) is 4.77. The maximum absolute atomic E-state index is 13.9. The summed E-state index contributed by atoms with van der Waals surface area (Å²) in [6.07, 6.45) is -0.698. The van der Waals surface area contributed by atoms with Gasteiger partial charge >= 0.3 is 162 Å². The van der Waals surface area contributed by atoms with Crippen LogP contribution in [0.4, 0.5) is 8.78 Å². The fraction of sp³-hybridized carbons (Fsp3) is 0.250. The van der Waals surface area contributed by atoms with Crippen LogP contribution < -0.4 is 159 Å². The largest absolute Gasteiger partial charge is 1.00 e. The van der Waals surface area contributed by atoms with Crippen LogP contribution in [0.15, 0.2) is 42.5 Å². The molecule has 0 radical (unpaired) electrons. The zero-order valence-electron chi connectivity index (χ0n) is 19.8. The molecule has 0 spiro atoms. The van der Waals surface area contributed by atoms with E-state index < -0.39 is 40.8 Å². The van der Waals surface area contributed by atoms with E-state index in [1.807, 2.05) is 0 Å². The van der Waals surface area contributed by atoms with Crippen LogP contribution in [0.25, 0.3) is 0 Å². The molecule has 0 saturated carbocycles. The maximum Gasteiger partial charge on any atom is 1.00 e. The van der Waals surface area contributed by atoms with Gasteiger partial charge in [-0.2, -0.15) is 8.42 Å². The van der Waals surface area contributed by atoms with Crippen molar-refractivity contribution >= 4 is 17.7 Å². The van der Waals surface area contributed by atoms with Gasteiger partial charge in [0.1, 0.15) is 23.1 Å². The number of halogens is 2. The molecule has 0 bridgehead atoms. The molecule has 2 aromatic rings. The predicted molar refractivity (Wildman–Crippen MR) is 96.5 cm³/mol. The van der Waals surface area contributed by atoms with E-state index in [4.69, 9.17) is 19.1 Å². The van der Waals surface area contributed by atoms with Crippen molar-refractivity contribution in [1.82, 2.24) is 0 Å². The van der Waals surface area contributed by atoms with Crippen molar-refractivity contribution in [3.05, 3.63) is 59.7 Å². The van der Waals surface area contributed by atoms with E-state index in [-0.39, 0.29) is 183 Å². The van der Waals surface area contributed by atoms with Crippen LogP contribution in [-0.2, 0) is 21.1 Å². The minimum atomic E-state index is -5.08. The first-order chi connectivity index (χ1) is 12.5. The second-order valence-corrected chi connectivity index (χ2v) is 9.51. The molecule has 0 aliphatic heterocycles. The van der Waals surface area contributed by atoms with Gasteiger partial charge in [-0.15, -0.1) is 0 Å². The van der Waals surface area contributed by atoms with E-state index in [2.05, 4.69) is 0 Å². The van der Waals surface area contributed by atoms with Crippen molar-refractivity contribution in [3.8, 4) is 11.5 Å². The standard InChI is InChI=1S/C16H17F2O7PS.3K.3H/c17-12-4-6-13(7-5-12)25-14-8-9-15(18)11(10-14)2-1-3-16(26(19,20)21)27(22,23)24;;;;;;/h4-10,16H,1-3H2,(H2,19,20,21)(H,22,23,24);;;;;;/q;3*+1;3*-1. The summed E-state index contributed by atoms with van der Waals surface area (Å²) < 4.78 is 74.7. The summed E-state index contributed by atoms with van der Waals surface area (Å²) in [6.45, 7) is 0. The van der Waals surface area contributed by atoms with Gasteiger partial charge in [-0.1, -0.05) is 0 Å². The smallest absolute Gasteiger partial charge is 1.00 e. The maximum atomic E-state index is 13.9. The van der Waals surface area contributed by atoms with Gasteiger partial charge in [-0.25, -0.2) is 8.78 Å². The molecular formula is C16H20F2K3O7PS. The quantitative estimate of drug-likeness (QED) is 0.173. The van der Waals surface area contributed by atoms with Gasteiger partial charge in [0.05, 0.1) is 0 Å². The first-order valence-electron chi connectivity index (χ1n) is 7.70. The number of benzene rings is 2. The Hall–Kier alpha value is 3.07. The monoisotopic (exact) mass is 542 g/mol. The number of ether oxygens (including phenoxy) is 1. The van der Waals surface area contributed by atoms with Crippen molar-refractivity contribution < 1.29 is 199 Å². The molecule has 14 heteroatoms. The summed E-state index contributed by atoms with van der Waals surface area (Å²) in [5.41, 5.74) is 0.134. The Morgan fingerprint density at radius 2 is 1.53 bits per heavy atom. The molecule has 7 nitrogen and oxygen atoms in total. The molecule has 1 unspecified atom stereocenters. The van der Waals surface area contributed by atoms with Crippen LogP contribution in [0, 0.1) is 11.6 Å². The van der Waals surface area contributed by atoms with Gasteiger partial charge < -0.3 is 18.8 Å². The third-order valence-corrected chi connectivity index (χ3v) is 7.24. The van der Waals surface area contributed by atoms with Gasteiger partial charge in [0.15, 0.2) is 4.99 Å². The fourth-order valence-electron chi connectivity index (χ4n) is 2.40. The van der Waals surface area contributed by atoms with Gasteiger partial charge in [-0.05, 0) is 67.3 Å². The molecule has 1 atom stereocenters. The number of aryl methyl sites for hydroxylation is 1. The Labute approximate surface area is 305 Å². The molecule has 154 valence electrons. The van der Waals surface area contributed by atoms with Crippen LogP contribution in [0.1, 0.15) is 22.7 Å². The van der Waals surface area contributed by atoms with Crippen LogP contribution in [0.5, 0.6) is 11.5 Å². The van der Waals surface area contributed by atoms with E-state index in [9.17, 15) is 21.8 Å². The molecule has 30 heavy (non-hydrogen) atoms. The molecule has 0 aliphatic rings. The first kappa shape index (κ1) is 35.2. The Morgan fingerprint density at radius 1 is 1.00 bits per heavy atom. The normalized spacial score (nSPS) is 12.0. The van der Waals surface area contributed by atoms with Gasteiger partial charge in [0.2, 0.25) is 0 Å². The second-order valence-electron chi connectivity index (χ2n) is 5.76. The molecule has 0 fully saturated rings. The SMILES string of the molecule is O=P(O)(O)C(CCCc1cc(Oc2ccc(F)cc2)ccc1F)S(=O)(=O)O.[H-].[H-].[H-].[K+].[K+].[K+]. The Kier molecular flexibility index (Phi) is 18.7. The van der Waals surface area contributed by atoms with Crippen LogP contribution in [-0.4, -0.2) is 27.7 Å².